The van der Waals surface area contributed by atoms with E-state index in [2.05, 4.69) is 5.32 Å². The second-order valence-corrected chi connectivity index (χ2v) is 7.45. The number of halogens is 3. The van der Waals surface area contributed by atoms with Gasteiger partial charge in [-0.05, 0) is 23.5 Å². The summed E-state index contributed by atoms with van der Waals surface area (Å²) in [6.07, 6.45) is -3.72. The number of nitrogens with one attached hydrogen (secondary N) is 1. The molecule has 1 aliphatic heterocycles. The Bertz CT molecular complexity index is 888. The Balaban J connectivity index is 2.19. The van der Waals surface area contributed by atoms with Crippen molar-refractivity contribution in [1.29, 1.82) is 5.26 Å². The lowest BCUT2D eigenvalue weighted by molar-refractivity contribution is -0.137. The number of rotatable bonds is 1. The van der Waals surface area contributed by atoms with Gasteiger partial charge in [0.1, 0.15) is 5.82 Å². The SMILES string of the molecule is CC1(C)CC(=O)C2=C(C1)NC(N)=C(C#N)C2c1cccc(C(F)(F)F)c1. The van der Waals surface area contributed by atoms with E-state index in [1.165, 1.54) is 12.1 Å². The van der Waals surface area contributed by atoms with E-state index in [1.54, 1.807) is 0 Å². The topological polar surface area (TPSA) is 78.9 Å². The van der Waals surface area contributed by atoms with E-state index >= 15 is 0 Å². The van der Waals surface area contributed by atoms with Gasteiger partial charge in [0.25, 0.3) is 0 Å². The number of benzene rings is 1. The molecule has 0 fully saturated rings. The van der Waals surface area contributed by atoms with Gasteiger partial charge >= 0.3 is 6.18 Å². The predicted octanol–water partition coefficient (Wildman–Crippen LogP) is 3.73. The van der Waals surface area contributed by atoms with Crippen molar-refractivity contribution in [2.75, 3.05) is 0 Å². The molecule has 1 aromatic carbocycles. The third-order valence-electron chi connectivity index (χ3n) is 4.74. The standard InChI is InChI=1S/C19H18F3N3O/c1-18(2)7-13-16(14(26)8-18)15(12(9-23)17(24)25-13)10-4-3-5-11(6-10)19(20,21)22/h3-6,15,25H,7-8,24H2,1-2H3. The Kier molecular flexibility index (Phi) is 4.10. The normalized spacial score (nSPS) is 22.6. The number of nitrogens with two attached hydrogens (primary N) is 1. The Morgan fingerprint density at radius 2 is 2.00 bits per heavy atom. The second-order valence-electron chi connectivity index (χ2n) is 7.45. The molecule has 1 unspecified atom stereocenters. The summed E-state index contributed by atoms with van der Waals surface area (Å²) < 4.78 is 39.3. The fraction of sp³-hybridized carbons (Fsp3) is 0.368. The Morgan fingerprint density at radius 3 is 2.62 bits per heavy atom. The second kappa shape index (κ2) is 5.90. The highest BCUT2D eigenvalue weighted by molar-refractivity contribution is 6.00. The number of hydrogen-bond acceptors (Lipinski definition) is 4. The Hall–Kier alpha value is -2.75. The molecule has 0 aromatic heterocycles. The molecule has 2 aliphatic rings. The first-order valence-electron chi connectivity index (χ1n) is 8.13. The van der Waals surface area contributed by atoms with Crippen molar-refractivity contribution in [1.82, 2.24) is 5.32 Å². The van der Waals surface area contributed by atoms with Gasteiger partial charge in [-0.3, -0.25) is 4.79 Å². The third kappa shape index (κ3) is 3.07. The van der Waals surface area contributed by atoms with E-state index in [4.69, 9.17) is 5.73 Å². The molecule has 0 bridgehead atoms. The molecule has 4 nitrogen and oxygen atoms in total. The van der Waals surface area contributed by atoms with Gasteiger partial charge in [-0.2, -0.15) is 18.4 Å². The summed E-state index contributed by atoms with van der Waals surface area (Å²) in [5, 5.41) is 12.4. The molecule has 136 valence electrons. The van der Waals surface area contributed by atoms with Crippen LogP contribution in [0.1, 0.15) is 43.7 Å². The first-order valence-corrected chi connectivity index (χ1v) is 8.13. The molecule has 1 aromatic rings. The number of carbonyl (C=O) groups is 1. The minimum atomic E-state index is -4.51. The average Bonchev–Trinajstić information content (AvgIpc) is 2.51. The van der Waals surface area contributed by atoms with Crippen LogP contribution in [0, 0.1) is 16.7 Å². The fourth-order valence-electron chi connectivity index (χ4n) is 3.66. The molecule has 3 rings (SSSR count). The van der Waals surface area contributed by atoms with Gasteiger partial charge in [0.05, 0.1) is 23.1 Å². The molecule has 26 heavy (non-hydrogen) atoms. The number of Topliss-reactive ketones (excluding diaryl/α,β-unsaturated/α-hetero) is 1. The van der Waals surface area contributed by atoms with E-state index in [0.717, 1.165) is 12.1 Å². The zero-order valence-corrected chi connectivity index (χ0v) is 14.4. The average molecular weight is 361 g/mol. The van der Waals surface area contributed by atoms with Crippen molar-refractivity contribution >= 4 is 5.78 Å². The summed E-state index contributed by atoms with van der Waals surface area (Å²) in [5.41, 5.74) is 6.08. The van der Waals surface area contributed by atoms with E-state index in [-0.39, 0.29) is 34.6 Å². The van der Waals surface area contributed by atoms with Gasteiger partial charge < -0.3 is 11.1 Å². The highest BCUT2D eigenvalue weighted by atomic mass is 19.4. The van der Waals surface area contributed by atoms with Gasteiger partial charge in [-0.25, -0.2) is 0 Å². The van der Waals surface area contributed by atoms with Gasteiger partial charge in [0, 0.05) is 17.7 Å². The number of nitrogens with zero attached hydrogens (tertiary/aromatic N) is 1. The third-order valence-corrected chi connectivity index (χ3v) is 4.74. The summed E-state index contributed by atoms with van der Waals surface area (Å²) in [7, 11) is 0. The van der Waals surface area contributed by atoms with E-state index in [1.807, 2.05) is 19.9 Å². The van der Waals surface area contributed by atoms with Crippen LogP contribution in [0.2, 0.25) is 0 Å². The lowest BCUT2D eigenvalue weighted by atomic mass is 9.69. The molecule has 0 spiro atoms. The number of dihydropyridines is 1. The number of nitriles is 1. The van der Waals surface area contributed by atoms with Crippen LogP contribution in [-0.4, -0.2) is 5.78 Å². The zero-order valence-electron chi connectivity index (χ0n) is 14.4. The van der Waals surface area contributed by atoms with Gasteiger partial charge in [0.2, 0.25) is 0 Å². The number of alkyl halides is 3. The van der Waals surface area contributed by atoms with E-state index < -0.39 is 17.7 Å². The molecule has 0 amide bonds. The van der Waals surface area contributed by atoms with Crippen molar-refractivity contribution in [2.45, 2.75) is 38.8 Å². The van der Waals surface area contributed by atoms with Crippen molar-refractivity contribution in [3.05, 3.63) is 58.1 Å². The summed E-state index contributed by atoms with van der Waals surface area (Å²) in [4.78, 5) is 12.8. The number of hydrogen-bond donors (Lipinski definition) is 2. The van der Waals surface area contributed by atoms with Crippen LogP contribution in [0.25, 0.3) is 0 Å². The summed E-state index contributed by atoms with van der Waals surface area (Å²) in [5.74, 6) is -0.979. The van der Waals surface area contributed by atoms with E-state index in [9.17, 15) is 23.2 Å². The van der Waals surface area contributed by atoms with Gasteiger partial charge in [-0.1, -0.05) is 32.0 Å². The summed E-state index contributed by atoms with van der Waals surface area (Å²) >= 11 is 0. The van der Waals surface area contributed by atoms with Crippen LogP contribution in [0.3, 0.4) is 0 Å². The minimum absolute atomic E-state index is 0.0659. The first-order chi connectivity index (χ1) is 12.0. The van der Waals surface area contributed by atoms with Crippen LogP contribution in [0.15, 0.2) is 46.9 Å². The maximum Gasteiger partial charge on any atom is 0.416 e. The summed E-state index contributed by atoms with van der Waals surface area (Å²) in [6.45, 7) is 3.88. The molecule has 1 atom stereocenters. The molecule has 0 radical (unpaired) electrons. The summed E-state index contributed by atoms with van der Waals surface area (Å²) in [6, 6.07) is 6.68. The molecule has 0 saturated carbocycles. The maximum atomic E-state index is 13.1. The molecule has 1 aliphatic carbocycles. The van der Waals surface area contributed by atoms with Crippen molar-refractivity contribution < 1.29 is 18.0 Å². The quantitative estimate of drug-likeness (QED) is 0.799. The molecule has 7 heteroatoms. The monoisotopic (exact) mass is 361 g/mol. The van der Waals surface area contributed by atoms with Crippen molar-refractivity contribution in [3.8, 4) is 6.07 Å². The molecule has 3 N–H and O–H groups in total. The lowest BCUT2D eigenvalue weighted by Gasteiger charge is -2.38. The Labute approximate surface area is 149 Å². The number of allylic oxidation sites excluding steroid dienone is 3. The maximum absolute atomic E-state index is 13.1. The smallest absolute Gasteiger partial charge is 0.384 e. The van der Waals surface area contributed by atoms with Crippen LogP contribution in [0.5, 0.6) is 0 Å². The van der Waals surface area contributed by atoms with Crippen LogP contribution in [0.4, 0.5) is 13.2 Å². The fourth-order valence-corrected chi connectivity index (χ4v) is 3.66. The van der Waals surface area contributed by atoms with Crippen LogP contribution in [-0.2, 0) is 11.0 Å². The van der Waals surface area contributed by atoms with Gasteiger partial charge in [0.15, 0.2) is 5.78 Å². The van der Waals surface area contributed by atoms with Crippen molar-refractivity contribution in [2.24, 2.45) is 11.1 Å². The first kappa shape index (κ1) is 18.1. The van der Waals surface area contributed by atoms with Crippen LogP contribution < -0.4 is 11.1 Å². The molecule has 1 heterocycles. The highest BCUT2D eigenvalue weighted by Gasteiger charge is 2.42. The van der Waals surface area contributed by atoms with Crippen LogP contribution >= 0.6 is 0 Å². The van der Waals surface area contributed by atoms with E-state index in [0.29, 0.717) is 17.7 Å². The number of ketones is 1. The zero-order chi connectivity index (χ0) is 19.3. The van der Waals surface area contributed by atoms with Crippen molar-refractivity contribution in [3.63, 3.8) is 0 Å². The largest absolute Gasteiger partial charge is 0.416 e. The predicted molar refractivity (Wildman–Crippen MR) is 89.2 cm³/mol. The molecular formula is C19H18F3N3O. The lowest BCUT2D eigenvalue weighted by Crippen LogP contribution is -2.39. The minimum Gasteiger partial charge on any atom is -0.384 e. The Morgan fingerprint density at radius 1 is 1.31 bits per heavy atom. The molecule has 0 saturated heterocycles. The number of carbonyl (C=O) groups excluding carboxylic acids is 1. The highest BCUT2D eigenvalue weighted by Crippen LogP contribution is 2.46. The molecular weight excluding hydrogens is 343 g/mol. The van der Waals surface area contributed by atoms with Gasteiger partial charge in [-0.15, -0.1) is 0 Å².